The summed E-state index contributed by atoms with van der Waals surface area (Å²) in [7, 11) is 3.92. The average molecular weight is 474 g/mol. The highest BCUT2D eigenvalue weighted by Crippen LogP contribution is 2.28. The summed E-state index contributed by atoms with van der Waals surface area (Å²) in [5, 5.41) is 4.67. The van der Waals surface area contributed by atoms with Crippen molar-refractivity contribution in [3.05, 3.63) is 78.5 Å². The van der Waals surface area contributed by atoms with Gasteiger partial charge in [-0.1, -0.05) is 24.3 Å². The van der Waals surface area contributed by atoms with Crippen molar-refractivity contribution >= 4 is 11.8 Å². The first-order chi connectivity index (χ1) is 16.9. The summed E-state index contributed by atoms with van der Waals surface area (Å²) in [6.45, 7) is 1.93. The first-order valence-corrected chi connectivity index (χ1v) is 11.7. The summed E-state index contributed by atoms with van der Waals surface area (Å²) in [6.07, 6.45) is 7.02. The summed E-state index contributed by atoms with van der Waals surface area (Å²) < 4.78 is 7.58. The number of para-hydroxylation sites is 1. The molecule has 2 heterocycles. The molecule has 0 spiro atoms. The Balaban J connectivity index is 1.49. The van der Waals surface area contributed by atoms with Gasteiger partial charge in [0.2, 0.25) is 5.91 Å². The molecule has 182 valence electrons. The number of hydrogen-bond acceptors (Lipinski definition) is 5. The van der Waals surface area contributed by atoms with Gasteiger partial charge in [-0.25, -0.2) is 0 Å². The molecule has 8 nitrogen and oxygen atoms in total. The smallest absolute Gasteiger partial charge is 0.252 e. The molecule has 8 heteroatoms. The molecular formula is C27H31N5O3. The Bertz CT molecular complexity index is 1190. The van der Waals surface area contributed by atoms with E-state index in [1.807, 2.05) is 84.6 Å². The number of amides is 2. The summed E-state index contributed by atoms with van der Waals surface area (Å²) in [5.74, 6) is 0.893. The second-order valence-corrected chi connectivity index (χ2v) is 8.91. The Kier molecular flexibility index (Phi) is 7.62. The fraction of sp³-hybridized carbons (Fsp3) is 0.296. The lowest BCUT2D eigenvalue weighted by atomic mass is 10.1. The van der Waals surface area contributed by atoms with Gasteiger partial charge in [0, 0.05) is 30.9 Å². The second-order valence-electron chi connectivity index (χ2n) is 8.91. The maximum absolute atomic E-state index is 12.7. The number of carbonyl (C=O) groups excluding carboxylic acids is 2. The largest absolute Gasteiger partial charge is 0.457 e. The van der Waals surface area contributed by atoms with Gasteiger partial charge < -0.3 is 20.3 Å². The molecule has 1 saturated heterocycles. The quantitative estimate of drug-likeness (QED) is 0.480. The molecule has 2 N–H and O–H groups in total. The molecule has 35 heavy (non-hydrogen) atoms. The van der Waals surface area contributed by atoms with Crippen LogP contribution < -0.4 is 10.5 Å². The lowest BCUT2D eigenvalue weighted by Gasteiger charge is -2.23. The predicted molar refractivity (Wildman–Crippen MR) is 135 cm³/mol. The van der Waals surface area contributed by atoms with Crippen LogP contribution in [0.4, 0.5) is 0 Å². The van der Waals surface area contributed by atoms with Crippen molar-refractivity contribution in [1.82, 2.24) is 19.6 Å². The minimum atomic E-state index is -0.540. The van der Waals surface area contributed by atoms with Gasteiger partial charge >= 0.3 is 0 Å². The van der Waals surface area contributed by atoms with Gasteiger partial charge in [-0.05, 0) is 63.3 Å². The van der Waals surface area contributed by atoms with Gasteiger partial charge in [0.05, 0.1) is 18.2 Å². The molecule has 0 aliphatic carbocycles. The van der Waals surface area contributed by atoms with E-state index in [1.54, 1.807) is 17.0 Å². The van der Waals surface area contributed by atoms with Crippen LogP contribution in [0.25, 0.3) is 11.3 Å². The van der Waals surface area contributed by atoms with Crippen molar-refractivity contribution < 1.29 is 14.3 Å². The van der Waals surface area contributed by atoms with E-state index in [4.69, 9.17) is 10.5 Å². The van der Waals surface area contributed by atoms with Gasteiger partial charge in [-0.3, -0.25) is 14.3 Å². The van der Waals surface area contributed by atoms with Crippen molar-refractivity contribution in [2.75, 3.05) is 27.2 Å². The molecule has 0 radical (unpaired) electrons. The summed E-state index contributed by atoms with van der Waals surface area (Å²) >= 11 is 0. The molecule has 3 aromatic rings. The SMILES string of the molecule is CN(C)C/C=C/C(=O)N1CCCC1Cn1cc(C(N)=O)c(-c2ccc(Oc3ccccc3)cc2)n1. The molecule has 1 aromatic heterocycles. The minimum Gasteiger partial charge on any atom is -0.457 e. The van der Waals surface area contributed by atoms with Gasteiger partial charge in [-0.2, -0.15) is 5.10 Å². The van der Waals surface area contributed by atoms with E-state index in [0.29, 0.717) is 30.1 Å². The highest BCUT2D eigenvalue weighted by atomic mass is 16.5. The summed E-state index contributed by atoms with van der Waals surface area (Å²) in [4.78, 5) is 28.7. The van der Waals surface area contributed by atoms with Crippen LogP contribution >= 0.6 is 0 Å². The number of likely N-dealkylation sites (N-methyl/N-ethyl adjacent to an activating group) is 1. The van der Waals surface area contributed by atoms with E-state index >= 15 is 0 Å². The number of carbonyl (C=O) groups is 2. The van der Waals surface area contributed by atoms with Crippen LogP contribution in [0.3, 0.4) is 0 Å². The van der Waals surface area contributed by atoms with Crippen molar-refractivity contribution in [3.8, 4) is 22.8 Å². The topological polar surface area (TPSA) is 93.7 Å². The molecule has 4 rings (SSSR count). The normalized spacial score (nSPS) is 15.7. The maximum Gasteiger partial charge on any atom is 0.252 e. The fourth-order valence-electron chi connectivity index (χ4n) is 4.21. The van der Waals surface area contributed by atoms with Gasteiger partial charge in [0.25, 0.3) is 5.91 Å². The zero-order valence-electron chi connectivity index (χ0n) is 20.1. The zero-order chi connectivity index (χ0) is 24.8. The fourth-order valence-corrected chi connectivity index (χ4v) is 4.21. The van der Waals surface area contributed by atoms with Crippen molar-refractivity contribution in [2.24, 2.45) is 5.73 Å². The average Bonchev–Trinajstić information content (AvgIpc) is 3.48. The van der Waals surface area contributed by atoms with E-state index in [1.165, 1.54) is 0 Å². The van der Waals surface area contributed by atoms with E-state index in [2.05, 4.69) is 5.10 Å². The second kappa shape index (κ2) is 11.0. The van der Waals surface area contributed by atoms with Crippen molar-refractivity contribution in [3.63, 3.8) is 0 Å². The number of aromatic nitrogens is 2. The molecule has 1 atom stereocenters. The molecule has 1 unspecified atom stereocenters. The lowest BCUT2D eigenvalue weighted by molar-refractivity contribution is -0.127. The number of nitrogens with two attached hydrogens (primary N) is 1. The third-order valence-corrected chi connectivity index (χ3v) is 5.92. The van der Waals surface area contributed by atoms with Crippen LogP contribution in [-0.4, -0.2) is 64.6 Å². The number of ether oxygens (including phenoxy) is 1. The van der Waals surface area contributed by atoms with Gasteiger partial charge in [0.15, 0.2) is 0 Å². The van der Waals surface area contributed by atoms with E-state index in [-0.39, 0.29) is 11.9 Å². The number of rotatable bonds is 9. The van der Waals surface area contributed by atoms with Crippen LogP contribution in [-0.2, 0) is 11.3 Å². The molecule has 1 fully saturated rings. The highest BCUT2D eigenvalue weighted by molar-refractivity contribution is 5.98. The molecular weight excluding hydrogens is 442 g/mol. The molecule has 0 bridgehead atoms. The van der Waals surface area contributed by atoms with Crippen LogP contribution in [0.1, 0.15) is 23.2 Å². The van der Waals surface area contributed by atoms with Crippen LogP contribution in [0.2, 0.25) is 0 Å². The first-order valence-electron chi connectivity index (χ1n) is 11.7. The lowest BCUT2D eigenvalue weighted by Crippen LogP contribution is -2.37. The van der Waals surface area contributed by atoms with E-state index in [0.717, 1.165) is 30.7 Å². The van der Waals surface area contributed by atoms with Crippen molar-refractivity contribution in [1.29, 1.82) is 0 Å². The highest BCUT2D eigenvalue weighted by Gasteiger charge is 2.28. The minimum absolute atomic E-state index is 0.00543. The van der Waals surface area contributed by atoms with E-state index < -0.39 is 5.91 Å². The number of benzene rings is 2. The van der Waals surface area contributed by atoms with Crippen LogP contribution in [0.15, 0.2) is 72.9 Å². The number of likely N-dealkylation sites (tertiary alicyclic amines) is 1. The Morgan fingerprint density at radius 2 is 1.83 bits per heavy atom. The standard InChI is InChI=1S/C27H31N5O3/c1-30(2)16-7-11-25(33)32-17-6-8-21(32)18-31-19-24(27(28)34)26(29-31)20-12-14-23(15-13-20)35-22-9-4-3-5-10-22/h3-5,7,9-15,19,21H,6,8,16-18H2,1-2H3,(H2,28,34)/b11-7+. The Morgan fingerprint density at radius 1 is 1.11 bits per heavy atom. The summed E-state index contributed by atoms with van der Waals surface area (Å²) in [6, 6.07) is 16.9. The monoisotopic (exact) mass is 473 g/mol. The van der Waals surface area contributed by atoms with Crippen molar-refractivity contribution in [2.45, 2.75) is 25.4 Å². The van der Waals surface area contributed by atoms with Gasteiger partial charge in [-0.15, -0.1) is 0 Å². The van der Waals surface area contributed by atoms with E-state index in [9.17, 15) is 9.59 Å². The number of primary amides is 1. The molecule has 1 aliphatic heterocycles. The Labute approximate surface area is 205 Å². The molecule has 0 saturated carbocycles. The Morgan fingerprint density at radius 3 is 2.51 bits per heavy atom. The van der Waals surface area contributed by atoms with Crippen LogP contribution in [0, 0.1) is 0 Å². The summed E-state index contributed by atoms with van der Waals surface area (Å²) in [5.41, 5.74) is 7.30. The molecule has 2 amide bonds. The van der Waals surface area contributed by atoms with Crippen LogP contribution in [0.5, 0.6) is 11.5 Å². The molecule has 2 aromatic carbocycles. The van der Waals surface area contributed by atoms with Gasteiger partial charge in [0.1, 0.15) is 17.2 Å². The molecule has 1 aliphatic rings. The number of nitrogens with zero attached hydrogens (tertiary/aromatic N) is 4. The number of hydrogen-bond donors (Lipinski definition) is 1. The maximum atomic E-state index is 12.7. The Hall–Kier alpha value is -3.91. The third-order valence-electron chi connectivity index (χ3n) is 5.92. The first kappa shape index (κ1) is 24.2. The predicted octanol–water partition coefficient (Wildman–Crippen LogP) is 3.55. The zero-order valence-corrected chi connectivity index (χ0v) is 20.1. The third kappa shape index (κ3) is 6.16.